The van der Waals surface area contributed by atoms with Gasteiger partial charge in [-0.2, -0.15) is 0 Å². The standard InChI is InChI=1S/C16H22N6/c1-17-16(19-10-13-6-2-4-8-18-13)20-11-14-12-22-9-5-3-7-15(22)21-14/h2,4,6,8,12H,3,5,7,9-11H2,1H3,(H2,17,19,20). The minimum atomic E-state index is 0.653. The number of imidazole rings is 1. The second kappa shape index (κ2) is 7.06. The maximum Gasteiger partial charge on any atom is 0.191 e. The summed E-state index contributed by atoms with van der Waals surface area (Å²) >= 11 is 0. The number of aromatic nitrogens is 3. The summed E-state index contributed by atoms with van der Waals surface area (Å²) in [6.45, 7) is 2.43. The van der Waals surface area contributed by atoms with Crippen molar-refractivity contribution in [1.82, 2.24) is 25.2 Å². The maximum atomic E-state index is 4.68. The minimum absolute atomic E-state index is 0.653. The first-order chi connectivity index (χ1) is 10.8. The topological polar surface area (TPSA) is 67.1 Å². The van der Waals surface area contributed by atoms with E-state index in [1.165, 1.54) is 18.7 Å². The van der Waals surface area contributed by atoms with E-state index < -0.39 is 0 Å². The van der Waals surface area contributed by atoms with E-state index in [1.54, 1.807) is 13.2 Å². The van der Waals surface area contributed by atoms with Gasteiger partial charge in [0.2, 0.25) is 0 Å². The number of nitrogens with one attached hydrogen (secondary N) is 2. The summed E-state index contributed by atoms with van der Waals surface area (Å²) in [7, 11) is 1.77. The SMILES string of the molecule is CN=C(NCc1ccccn1)NCc1cn2c(n1)CCCC2. The van der Waals surface area contributed by atoms with Crippen molar-refractivity contribution in [2.45, 2.75) is 38.9 Å². The van der Waals surface area contributed by atoms with Crippen LogP contribution >= 0.6 is 0 Å². The van der Waals surface area contributed by atoms with Gasteiger partial charge in [0, 0.05) is 32.4 Å². The lowest BCUT2D eigenvalue weighted by atomic mass is 10.2. The van der Waals surface area contributed by atoms with E-state index >= 15 is 0 Å². The molecule has 0 atom stereocenters. The molecule has 1 aliphatic rings. The van der Waals surface area contributed by atoms with Gasteiger partial charge >= 0.3 is 0 Å². The number of rotatable bonds is 4. The molecule has 6 heteroatoms. The molecule has 0 amide bonds. The van der Waals surface area contributed by atoms with Crippen LogP contribution in [0.25, 0.3) is 0 Å². The van der Waals surface area contributed by atoms with Crippen LogP contribution in [0.3, 0.4) is 0 Å². The summed E-state index contributed by atoms with van der Waals surface area (Å²) in [5, 5.41) is 6.56. The fraction of sp³-hybridized carbons (Fsp3) is 0.438. The van der Waals surface area contributed by atoms with Gasteiger partial charge < -0.3 is 15.2 Å². The highest BCUT2D eigenvalue weighted by Crippen LogP contribution is 2.14. The molecule has 0 saturated heterocycles. The third-order valence-corrected chi connectivity index (χ3v) is 3.78. The van der Waals surface area contributed by atoms with Crippen molar-refractivity contribution in [2.75, 3.05) is 7.05 Å². The number of aliphatic imine (C=N–C) groups is 1. The lowest BCUT2D eigenvalue weighted by Crippen LogP contribution is -2.36. The lowest BCUT2D eigenvalue weighted by molar-refractivity contribution is 0.522. The number of hydrogen-bond donors (Lipinski definition) is 2. The van der Waals surface area contributed by atoms with Crippen molar-refractivity contribution in [3.05, 3.63) is 47.8 Å². The molecule has 3 rings (SSSR count). The molecule has 3 heterocycles. The zero-order chi connectivity index (χ0) is 15.2. The Labute approximate surface area is 130 Å². The molecule has 0 unspecified atom stereocenters. The normalized spacial score (nSPS) is 14.5. The fourth-order valence-electron chi connectivity index (χ4n) is 2.63. The predicted molar refractivity (Wildman–Crippen MR) is 86.4 cm³/mol. The van der Waals surface area contributed by atoms with Crippen LogP contribution in [0.4, 0.5) is 0 Å². The lowest BCUT2D eigenvalue weighted by Gasteiger charge is -2.11. The monoisotopic (exact) mass is 298 g/mol. The molecule has 6 nitrogen and oxygen atoms in total. The van der Waals surface area contributed by atoms with Crippen molar-refractivity contribution in [1.29, 1.82) is 0 Å². The quantitative estimate of drug-likeness (QED) is 0.663. The van der Waals surface area contributed by atoms with Gasteiger partial charge in [-0.05, 0) is 25.0 Å². The Balaban J connectivity index is 1.52. The molecule has 0 aliphatic carbocycles. The van der Waals surface area contributed by atoms with Gasteiger partial charge in [-0.25, -0.2) is 4.98 Å². The Bertz CT molecular complexity index is 608. The molecule has 22 heavy (non-hydrogen) atoms. The number of hydrogen-bond acceptors (Lipinski definition) is 3. The molecule has 1 aliphatic heterocycles. The van der Waals surface area contributed by atoms with Gasteiger partial charge in [0.15, 0.2) is 5.96 Å². The van der Waals surface area contributed by atoms with Gasteiger partial charge in [0.1, 0.15) is 5.82 Å². The predicted octanol–water partition coefficient (Wildman–Crippen LogP) is 1.48. The van der Waals surface area contributed by atoms with Crippen LogP contribution in [0.5, 0.6) is 0 Å². The van der Waals surface area contributed by atoms with Crippen LogP contribution in [-0.2, 0) is 26.1 Å². The van der Waals surface area contributed by atoms with Gasteiger partial charge in [0.25, 0.3) is 0 Å². The first kappa shape index (κ1) is 14.6. The number of pyridine rings is 1. The van der Waals surface area contributed by atoms with Crippen LogP contribution in [-0.4, -0.2) is 27.5 Å². The van der Waals surface area contributed by atoms with Gasteiger partial charge in [-0.1, -0.05) is 6.07 Å². The van der Waals surface area contributed by atoms with E-state index in [1.807, 2.05) is 18.2 Å². The smallest absolute Gasteiger partial charge is 0.191 e. The Morgan fingerprint density at radius 1 is 1.23 bits per heavy atom. The van der Waals surface area contributed by atoms with E-state index in [9.17, 15) is 0 Å². The average Bonchev–Trinajstić information content (AvgIpc) is 2.99. The van der Waals surface area contributed by atoms with Crippen LogP contribution in [0.15, 0.2) is 35.6 Å². The maximum absolute atomic E-state index is 4.68. The largest absolute Gasteiger partial charge is 0.351 e. The molecule has 2 N–H and O–H groups in total. The molecule has 0 spiro atoms. The fourth-order valence-corrected chi connectivity index (χ4v) is 2.63. The highest BCUT2D eigenvalue weighted by molar-refractivity contribution is 5.79. The summed E-state index contributed by atoms with van der Waals surface area (Å²) < 4.78 is 2.27. The average molecular weight is 298 g/mol. The van der Waals surface area contributed by atoms with E-state index in [0.29, 0.717) is 13.1 Å². The minimum Gasteiger partial charge on any atom is -0.351 e. The molecule has 0 saturated carbocycles. The molecule has 0 fully saturated rings. The van der Waals surface area contributed by atoms with Crippen molar-refractivity contribution < 1.29 is 0 Å². The number of aryl methyl sites for hydroxylation is 2. The number of fused-ring (bicyclic) bond motifs is 1. The summed E-state index contributed by atoms with van der Waals surface area (Å²) in [5.74, 6) is 1.97. The zero-order valence-electron chi connectivity index (χ0n) is 12.9. The Kier molecular flexibility index (Phi) is 4.68. The summed E-state index contributed by atoms with van der Waals surface area (Å²) in [6, 6.07) is 5.89. The third-order valence-electron chi connectivity index (χ3n) is 3.78. The molecular weight excluding hydrogens is 276 g/mol. The van der Waals surface area contributed by atoms with Gasteiger partial charge in [-0.3, -0.25) is 9.98 Å². The van der Waals surface area contributed by atoms with E-state index in [4.69, 9.17) is 0 Å². The first-order valence-electron chi connectivity index (χ1n) is 7.74. The van der Waals surface area contributed by atoms with Crippen LogP contribution in [0.2, 0.25) is 0 Å². The van der Waals surface area contributed by atoms with Crippen LogP contribution in [0.1, 0.15) is 30.1 Å². The second-order valence-electron chi connectivity index (χ2n) is 5.40. The van der Waals surface area contributed by atoms with E-state index in [-0.39, 0.29) is 0 Å². The molecule has 0 bridgehead atoms. The Hall–Kier alpha value is -2.37. The van der Waals surface area contributed by atoms with Crippen molar-refractivity contribution in [2.24, 2.45) is 4.99 Å². The van der Waals surface area contributed by atoms with E-state index in [2.05, 4.69) is 36.4 Å². The summed E-state index contributed by atoms with van der Waals surface area (Å²) in [6.07, 6.45) is 7.53. The molecule has 2 aromatic rings. The Morgan fingerprint density at radius 2 is 2.09 bits per heavy atom. The first-order valence-corrected chi connectivity index (χ1v) is 7.74. The zero-order valence-corrected chi connectivity index (χ0v) is 12.9. The van der Waals surface area contributed by atoms with Gasteiger partial charge in [0.05, 0.1) is 24.5 Å². The molecule has 116 valence electrons. The van der Waals surface area contributed by atoms with Gasteiger partial charge in [-0.15, -0.1) is 0 Å². The highest BCUT2D eigenvalue weighted by Gasteiger charge is 2.12. The molecule has 2 aromatic heterocycles. The number of guanidine groups is 1. The van der Waals surface area contributed by atoms with Crippen molar-refractivity contribution >= 4 is 5.96 Å². The highest BCUT2D eigenvalue weighted by atomic mass is 15.2. The van der Waals surface area contributed by atoms with Crippen LogP contribution in [0, 0.1) is 0 Å². The van der Waals surface area contributed by atoms with Crippen LogP contribution < -0.4 is 10.6 Å². The van der Waals surface area contributed by atoms with Crippen molar-refractivity contribution in [3.63, 3.8) is 0 Å². The Morgan fingerprint density at radius 3 is 2.82 bits per heavy atom. The summed E-state index contributed by atoms with van der Waals surface area (Å²) in [5.41, 5.74) is 2.06. The molecule has 0 radical (unpaired) electrons. The number of nitrogens with zero attached hydrogens (tertiary/aromatic N) is 4. The van der Waals surface area contributed by atoms with E-state index in [0.717, 1.165) is 30.3 Å². The van der Waals surface area contributed by atoms with Crippen molar-refractivity contribution in [3.8, 4) is 0 Å². The molecular formula is C16H22N6. The summed E-state index contributed by atoms with van der Waals surface area (Å²) in [4.78, 5) is 13.2. The third kappa shape index (κ3) is 3.63. The molecule has 0 aromatic carbocycles. The second-order valence-corrected chi connectivity index (χ2v) is 5.40.